The van der Waals surface area contributed by atoms with E-state index in [1.165, 1.54) is 0 Å². The van der Waals surface area contributed by atoms with E-state index in [1.807, 2.05) is 12.1 Å². The molecule has 1 N–H and O–H groups in total. The van der Waals surface area contributed by atoms with Crippen molar-refractivity contribution in [3.63, 3.8) is 0 Å². The van der Waals surface area contributed by atoms with Crippen LogP contribution in [0.25, 0.3) is 0 Å². The smallest absolute Gasteiger partial charge is 0.223 e. The molecule has 0 aliphatic heterocycles. The Morgan fingerprint density at radius 3 is 2.53 bits per heavy atom. The van der Waals surface area contributed by atoms with Crippen LogP contribution in [-0.2, 0) is 16.6 Å². The average molecular weight is 259 g/mol. The minimum absolute atomic E-state index is 0.0347. The second kappa shape index (κ2) is 4.80. The Labute approximate surface area is 114 Å². The van der Waals surface area contributed by atoms with E-state index in [4.69, 9.17) is 0 Å². The zero-order valence-corrected chi connectivity index (χ0v) is 12.0. The monoisotopic (exact) mass is 259 g/mol. The molecule has 19 heavy (non-hydrogen) atoms. The number of carbonyl (C=O) groups is 2. The van der Waals surface area contributed by atoms with E-state index in [2.05, 4.69) is 32.2 Å². The number of nitrogens with one attached hydrogen (secondary N) is 1. The first-order chi connectivity index (χ1) is 8.82. The largest absolute Gasteiger partial charge is 0.359 e. The molecule has 0 fully saturated rings. The van der Waals surface area contributed by atoms with Crippen LogP contribution in [-0.4, -0.2) is 18.7 Å². The van der Waals surface area contributed by atoms with Crippen LogP contribution in [0, 0.1) is 5.92 Å². The summed E-state index contributed by atoms with van der Waals surface area (Å²) in [5, 5.41) is 2.63. The van der Waals surface area contributed by atoms with Gasteiger partial charge in [0.2, 0.25) is 5.91 Å². The summed E-state index contributed by atoms with van der Waals surface area (Å²) in [6.07, 6.45) is 0.978. The molecule has 1 amide bonds. The number of ketones is 1. The van der Waals surface area contributed by atoms with Crippen molar-refractivity contribution in [2.45, 2.75) is 39.0 Å². The third kappa shape index (κ3) is 2.70. The van der Waals surface area contributed by atoms with Crippen molar-refractivity contribution in [1.82, 2.24) is 5.32 Å². The highest BCUT2D eigenvalue weighted by atomic mass is 16.2. The van der Waals surface area contributed by atoms with Crippen LogP contribution < -0.4 is 5.32 Å². The van der Waals surface area contributed by atoms with Gasteiger partial charge in [0.15, 0.2) is 5.78 Å². The highest BCUT2D eigenvalue weighted by Crippen LogP contribution is 2.30. The molecule has 3 nitrogen and oxygen atoms in total. The van der Waals surface area contributed by atoms with Gasteiger partial charge in [0.1, 0.15) is 0 Å². The maximum absolute atomic E-state index is 12.2. The lowest BCUT2D eigenvalue weighted by molar-refractivity contribution is -0.124. The van der Waals surface area contributed by atoms with Gasteiger partial charge < -0.3 is 5.32 Å². The summed E-state index contributed by atoms with van der Waals surface area (Å²) in [6.45, 7) is 6.40. The number of hydrogen-bond acceptors (Lipinski definition) is 2. The van der Waals surface area contributed by atoms with Crippen molar-refractivity contribution >= 4 is 11.7 Å². The topological polar surface area (TPSA) is 46.2 Å². The zero-order valence-electron chi connectivity index (χ0n) is 12.0. The van der Waals surface area contributed by atoms with Crippen LogP contribution in [0.1, 0.15) is 48.7 Å². The summed E-state index contributed by atoms with van der Waals surface area (Å²) < 4.78 is 0. The molecular formula is C16H21NO2. The maximum atomic E-state index is 12.2. The maximum Gasteiger partial charge on any atom is 0.223 e. The Morgan fingerprint density at radius 2 is 1.95 bits per heavy atom. The number of hydrogen-bond donors (Lipinski definition) is 1. The van der Waals surface area contributed by atoms with Crippen molar-refractivity contribution in [2.75, 3.05) is 7.05 Å². The molecule has 0 saturated carbocycles. The summed E-state index contributed by atoms with van der Waals surface area (Å²) in [4.78, 5) is 23.9. The summed E-state index contributed by atoms with van der Waals surface area (Å²) in [5.41, 5.74) is 3.00. The molecule has 0 aromatic heterocycles. The van der Waals surface area contributed by atoms with E-state index >= 15 is 0 Å². The molecule has 1 aromatic carbocycles. The van der Waals surface area contributed by atoms with Crippen LogP contribution in [0.2, 0.25) is 0 Å². The number of amides is 1. The molecule has 0 radical (unpaired) electrons. The second-order valence-corrected chi connectivity index (χ2v) is 6.26. The highest BCUT2D eigenvalue weighted by Gasteiger charge is 2.30. The van der Waals surface area contributed by atoms with Crippen LogP contribution in [0.5, 0.6) is 0 Å². The molecule has 0 saturated heterocycles. The molecule has 2 rings (SSSR count). The molecule has 0 spiro atoms. The molecule has 1 aliphatic carbocycles. The van der Waals surface area contributed by atoms with Crippen molar-refractivity contribution in [3.8, 4) is 0 Å². The predicted molar refractivity (Wildman–Crippen MR) is 75.4 cm³/mol. The van der Waals surface area contributed by atoms with Crippen molar-refractivity contribution in [3.05, 3.63) is 34.9 Å². The SMILES string of the molecule is CNC(=O)C1CC(=O)c2cc(C(C)(C)C)ccc2C1. The van der Waals surface area contributed by atoms with Crippen molar-refractivity contribution in [1.29, 1.82) is 0 Å². The third-order valence-electron chi connectivity index (χ3n) is 3.79. The van der Waals surface area contributed by atoms with Gasteiger partial charge in [0, 0.05) is 24.9 Å². The molecule has 102 valence electrons. The summed E-state index contributed by atoms with van der Waals surface area (Å²) in [7, 11) is 1.62. The molecule has 1 aliphatic rings. The number of carbonyl (C=O) groups excluding carboxylic acids is 2. The number of rotatable bonds is 1. The van der Waals surface area contributed by atoms with Crippen LogP contribution in [0.4, 0.5) is 0 Å². The molecule has 3 heteroatoms. The van der Waals surface area contributed by atoms with Crippen LogP contribution in [0.15, 0.2) is 18.2 Å². The van der Waals surface area contributed by atoms with Gasteiger partial charge in [0.25, 0.3) is 0 Å². The van der Waals surface area contributed by atoms with E-state index in [0.29, 0.717) is 12.8 Å². The van der Waals surface area contributed by atoms with E-state index < -0.39 is 0 Å². The fourth-order valence-corrected chi connectivity index (χ4v) is 2.54. The molecule has 0 heterocycles. The first-order valence-electron chi connectivity index (χ1n) is 6.71. The summed E-state index contributed by atoms with van der Waals surface area (Å²) >= 11 is 0. The number of Topliss-reactive ketones (excluding diaryl/α,β-unsaturated/α-hetero) is 1. The normalized spacial score (nSPS) is 18.9. The van der Waals surface area contributed by atoms with Crippen LogP contribution in [0.3, 0.4) is 0 Å². The lowest BCUT2D eigenvalue weighted by Crippen LogP contribution is -2.33. The standard InChI is InChI=1S/C16H21NO2/c1-16(2,3)12-6-5-10-7-11(15(19)17-4)8-14(18)13(10)9-12/h5-6,9,11H,7-8H2,1-4H3,(H,17,19). The minimum Gasteiger partial charge on any atom is -0.359 e. The van der Waals surface area contributed by atoms with Gasteiger partial charge in [-0.1, -0.05) is 32.9 Å². The lowest BCUT2D eigenvalue weighted by Gasteiger charge is -2.25. The van der Waals surface area contributed by atoms with Gasteiger partial charge in [-0.05, 0) is 29.0 Å². The van der Waals surface area contributed by atoms with E-state index in [9.17, 15) is 9.59 Å². The molecule has 0 bridgehead atoms. The molecule has 1 atom stereocenters. The van der Waals surface area contributed by atoms with Gasteiger partial charge in [-0.25, -0.2) is 0 Å². The predicted octanol–water partition coefficient (Wildman–Crippen LogP) is 2.48. The fraction of sp³-hybridized carbons (Fsp3) is 0.500. The first kappa shape index (κ1) is 13.8. The minimum atomic E-state index is -0.217. The Hall–Kier alpha value is -1.64. The van der Waals surface area contributed by atoms with Crippen molar-refractivity contribution in [2.24, 2.45) is 5.92 Å². The van der Waals surface area contributed by atoms with E-state index in [1.54, 1.807) is 7.05 Å². The number of fused-ring (bicyclic) bond motifs is 1. The average Bonchev–Trinajstić information content (AvgIpc) is 2.36. The molecule has 1 aromatic rings. The Bertz CT molecular complexity index is 526. The third-order valence-corrected chi connectivity index (χ3v) is 3.79. The van der Waals surface area contributed by atoms with E-state index in [0.717, 1.165) is 16.7 Å². The quantitative estimate of drug-likeness (QED) is 0.842. The Morgan fingerprint density at radius 1 is 1.26 bits per heavy atom. The summed E-state index contributed by atoms with van der Waals surface area (Å²) in [5.74, 6) is -0.176. The fourth-order valence-electron chi connectivity index (χ4n) is 2.54. The van der Waals surface area contributed by atoms with Gasteiger partial charge >= 0.3 is 0 Å². The van der Waals surface area contributed by atoms with Gasteiger partial charge in [-0.2, -0.15) is 0 Å². The molecule has 1 unspecified atom stereocenters. The Balaban J connectivity index is 2.36. The van der Waals surface area contributed by atoms with E-state index in [-0.39, 0.29) is 23.0 Å². The Kier molecular flexibility index (Phi) is 3.48. The van der Waals surface area contributed by atoms with Gasteiger partial charge in [-0.15, -0.1) is 0 Å². The van der Waals surface area contributed by atoms with Crippen molar-refractivity contribution < 1.29 is 9.59 Å². The first-order valence-corrected chi connectivity index (χ1v) is 6.71. The zero-order chi connectivity index (χ0) is 14.2. The molecular weight excluding hydrogens is 238 g/mol. The van der Waals surface area contributed by atoms with Gasteiger partial charge in [-0.3, -0.25) is 9.59 Å². The number of benzene rings is 1. The van der Waals surface area contributed by atoms with Crippen LogP contribution >= 0.6 is 0 Å². The summed E-state index contributed by atoms with van der Waals surface area (Å²) in [6, 6.07) is 6.07. The highest BCUT2D eigenvalue weighted by molar-refractivity contribution is 6.01. The van der Waals surface area contributed by atoms with Gasteiger partial charge in [0.05, 0.1) is 0 Å². The second-order valence-electron chi connectivity index (χ2n) is 6.26. The lowest BCUT2D eigenvalue weighted by atomic mass is 9.78.